The predicted molar refractivity (Wildman–Crippen MR) is 86.0 cm³/mol. The standard InChI is InChI=1S/C18H34N2/c1-15-6-10-19(11-7-15)17-8-12-20(13-9-17)18-5-3-4-16(2)14-18/h15-18H,3-14H2,1-2H3/t16-,18-/m0/s1. The van der Waals surface area contributed by atoms with Gasteiger partial charge in [-0.25, -0.2) is 0 Å². The molecular formula is C18H34N2. The third-order valence-corrected chi connectivity index (χ3v) is 6.26. The van der Waals surface area contributed by atoms with Crippen LogP contribution in [0.2, 0.25) is 0 Å². The van der Waals surface area contributed by atoms with Crippen LogP contribution in [0.5, 0.6) is 0 Å². The van der Waals surface area contributed by atoms with Crippen molar-refractivity contribution < 1.29 is 0 Å². The van der Waals surface area contributed by atoms with Gasteiger partial charge in [0, 0.05) is 12.1 Å². The van der Waals surface area contributed by atoms with Crippen LogP contribution >= 0.6 is 0 Å². The first-order valence-corrected chi connectivity index (χ1v) is 9.20. The van der Waals surface area contributed by atoms with Crippen molar-refractivity contribution in [1.82, 2.24) is 9.80 Å². The average molecular weight is 278 g/mol. The summed E-state index contributed by atoms with van der Waals surface area (Å²) in [5.74, 6) is 1.94. The monoisotopic (exact) mass is 278 g/mol. The second-order valence-corrected chi connectivity index (χ2v) is 7.91. The van der Waals surface area contributed by atoms with Gasteiger partial charge in [-0.15, -0.1) is 0 Å². The first kappa shape index (κ1) is 14.8. The summed E-state index contributed by atoms with van der Waals surface area (Å²) in [6, 6.07) is 1.82. The fraction of sp³-hybridized carbons (Fsp3) is 1.00. The highest BCUT2D eigenvalue weighted by Gasteiger charge is 2.31. The van der Waals surface area contributed by atoms with Gasteiger partial charge in [-0.05, 0) is 76.5 Å². The van der Waals surface area contributed by atoms with Gasteiger partial charge >= 0.3 is 0 Å². The normalized spacial score (nSPS) is 36.3. The zero-order valence-corrected chi connectivity index (χ0v) is 13.7. The predicted octanol–water partition coefficient (Wildman–Crippen LogP) is 3.76. The molecule has 0 unspecified atom stereocenters. The van der Waals surface area contributed by atoms with Crippen LogP contribution in [-0.4, -0.2) is 48.1 Å². The summed E-state index contributed by atoms with van der Waals surface area (Å²) in [6.07, 6.45) is 11.6. The molecule has 2 heterocycles. The quantitative estimate of drug-likeness (QED) is 0.759. The van der Waals surface area contributed by atoms with E-state index in [0.717, 1.165) is 23.9 Å². The summed E-state index contributed by atoms with van der Waals surface area (Å²) < 4.78 is 0. The summed E-state index contributed by atoms with van der Waals surface area (Å²) in [6.45, 7) is 10.3. The molecule has 0 aromatic rings. The highest BCUT2D eigenvalue weighted by molar-refractivity contribution is 4.87. The average Bonchev–Trinajstić information content (AvgIpc) is 2.48. The van der Waals surface area contributed by atoms with Gasteiger partial charge < -0.3 is 9.80 Å². The Labute approximate surface area is 125 Å². The minimum Gasteiger partial charge on any atom is -0.300 e. The van der Waals surface area contributed by atoms with Crippen molar-refractivity contribution >= 4 is 0 Å². The Balaban J connectivity index is 1.44. The molecule has 2 heteroatoms. The van der Waals surface area contributed by atoms with Gasteiger partial charge in [0.25, 0.3) is 0 Å². The minimum atomic E-state index is 0.903. The van der Waals surface area contributed by atoms with Crippen molar-refractivity contribution in [2.75, 3.05) is 26.2 Å². The van der Waals surface area contributed by atoms with Gasteiger partial charge in [0.05, 0.1) is 0 Å². The lowest BCUT2D eigenvalue weighted by Crippen LogP contribution is -2.50. The molecule has 1 saturated carbocycles. The van der Waals surface area contributed by atoms with Crippen molar-refractivity contribution in [2.24, 2.45) is 11.8 Å². The summed E-state index contributed by atoms with van der Waals surface area (Å²) in [4.78, 5) is 5.64. The van der Waals surface area contributed by atoms with Crippen LogP contribution in [0.4, 0.5) is 0 Å². The Kier molecular flexibility index (Phi) is 5.04. The van der Waals surface area contributed by atoms with E-state index in [1.165, 1.54) is 77.5 Å². The second-order valence-electron chi connectivity index (χ2n) is 7.91. The van der Waals surface area contributed by atoms with Crippen LogP contribution < -0.4 is 0 Å². The lowest BCUT2D eigenvalue weighted by molar-refractivity contribution is 0.0487. The molecule has 0 bridgehead atoms. The van der Waals surface area contributed by atoms with Crippen molar-refractivity contribution in [3.63, 3.8) is 0 Å². The first-order valence-electron chi connectivity index (χ1n) is 9.20. The van der Waals surface area contributed by atoms with Crippen molar-refractivity contribution in [3.8, 4) is 0 Å². The van der Waals surface area contributed by atoms with E-state index in [1.807, 2.05) is 0 Å². The molecule has 0 aromatic carbocycles. The molecule has 2 saturated heterocycles. The maximum absolute atomic E-state index is 2.83. The van der Waals surface area contributed by atoms with Crippen LogP contribution in [-0.2, 0) is 0 Å². The summed E-state index contributed by atoms with van der Waals surface area (Å²) in [5, 5.41) is 0. The van der Waals surface area contributed by atoms with Gasteiger partial charge in [0.15, 0.2) is 0 Å². The largest absolute Gasteiger partial charge is 0.300 e. The molecule has 3 rings (SSSR count). The van der Waals surface area contributed by atoms with E-state index >= 15 is 0 Å². The van der Waals surface area contributed by atoms with Gasteiger partial charge in [0.2, 0.25) is 0 Å². The molecule has 116 valence electrons. The maximum Gasteiger partial charge on any atom is 0.0120 e. The van der Waals surface area contributed by atoms with Gasteiger partial charge in [-0.3, -0.25) is 0 Å². The fourth-order valence-electron chi connectivity index (χ4n) is 4.74. The molecule has 1 aliphatic carbocycles. The van der Waals surface area contributed by atoms with Crippen molar-refractivity contribution in [3.05, 3.63) is 0 Å². The summed E-state index contributed by atoms with van der Waals surface area (Å²) in [7, 11) is 0. The van der Waals surface area contributed by atoms with Gasteiger partial charge in [0.1, 0.15) is 0 Å². The van der Waals surface area contributed by atoms with E-state index in [1.54, 1.807) is 0 Å². The fourth-order valence-corrected chi connectivity index (χ4v) is 4.74. The molecule has 2 nitrogen and oxygen atoms in total. The van der Waals surface area contributed by atoms with E-state index < -0.39 is 0 Å². The summed E-state index contributed by atoms with van der Waals surface area (Å²) >= 11 is 0. The van der Waals surface area contributed by atoms with E-state index in [-0.39, 0.29) is 0 Å². The number of nitrogens with zero attached hydrogens (tertiary/aromatic N) is 2. The molecule has 0 N–H and O–H groups in total. The van der Waals surface area contributed by atoms with E-state index in [2.05, 4.69) is 23.6 Å². The van der Waals surface area contributed by atoms with Crippen LogP contribution in [0.25, 0.3) is 0 Å². The van der Waals surface area contributed by atoms with Crippen LogP contribution in [0.15, 0.2) is 0 Å². The SMILES string of the molecule is CC1CCN(C2CCN([C@H]3CCC[C@H](C)C3)CC2)CC1. The molecule has 20 heavy (non-hydrogen) atoms. The molecule has 0 aromatic heterocycles. The zero-order chi connectivity index (χ0) is 13.9. The van der Waals surface area contributed by atoms with Crippen LogP contribution in [0.1, 0.15) is 65.2 Å². The minimum absolute atomic E-state index is 0.903. The lowest BCUT2D eigenvalue weighted by atomic mass is 9.85. The van der Waals surface area contributed by atoms with Crippen LogP contribution in [0.3, 0.4) is 0 Å². The summed E-state index contributed by atoms with van der Waals surface area (Å²) in [5.41, 5.74) is 0. The number of piperidine rings is 2. The van der Waals surface area contributed by atoms with E-state index in [0.29, 0.717) is 0 Å². The van der Waals surface area contributed by atoms with Crippen molar-refractivity contribution in [1.29, 1.82) is 0 Å². The smallest absolute Gasteiger partial charge is 0.0120 e. The lowest BCUT2D eigenvalue weighted by Gasteiger charge is -2.44. The number of hydrogen-bond acceptors (Lipinski definition) is 2. The van der Waals surface area contributed by atoms with Gasteiger partial charge in [-0.2, -0.15) is 0 Å². The van der Waals surface area contributed by atoms with Crippen LogP contribution in [0, 0.1) is 11.8 Å². The molecule has 0 amide bonds. The molecule has 0 spiro atoms. The number of likely N-dealkylation sites (tertiary alicyclic amines) is 2. The third-order valence-electron chi connectivity index (χ3n) is 6.26. The molecule has 2 atom stereocenters. The zero-order valence-electron chi connectivity index (χ0n) is 13.7. The first-order chi connectivity index (χ1) is 9.72. The highest BCUT2D eigenvalue weighted by Crippen LogP contribution is 2.30. The Morgan fingerprint density at radius 1 is 0.600 bits per heavy atom. The third kappa shape index (κ3) is 3.57. The van der Waals surface area contributed by atoms with E-state index in [4.69, 9.17) is 0 Å². The maximum atomic E-state index is 2.83. The van der Waals surface area contributed by atoms with Crippen molar-refractivity contribution in [2.45, 2.75) is 77.3 Å². The Hall–Kier alpha value is -0.0800. The highest BCUT2D eigenvalue weighted by atomic mass is 15.2. The molecule has 3 aliphatic rings. The molecule has 2 aliphatic heterocycles. The topological polar surface area (TPSA) is 6.48 Å². The van der Waals surface area contributed by atoms with E-state index in [9.17, 15) is 0 Å². The number of hydrogen-bond donors (Lipinski definition) is 0. The Morgan fingerprint density at radius 2 is 1.20 bits per heavy atom. The second kappa shape index (κ2) is 6.79. The Morgan fingerprint density at radius 3 is 1.85 bits per heavy atom. The number of rotatable bonds is 2. The molecule has 0 radical (unpaired) electrons. The molecule has 3 fully saturated rings. The van der Waals surface area contributed by atoms with Gasteiger partial charge in [-0.1, -0.05) is 26.7 Å². The Bertz CT molecular complexity index is 288. The molecular weight excluding hydrogens is 244 g/mol.